The monoisotopic (exact) mass is 272 g/mol. The number of carbonyl (C=O) groups excluding carboxylic acids is 1. The van der Waals surface area contributed by atoms with Gasteiger partial charge in [0, 0.05) is 22.8 Å². The molecular weight excluding hydrogens is 260 g/mol. The number of likely N-dealkylation sites (N-methyl/N-ethyl adjacent to an activating group) is 1. The number of anilines is 1. The van der Waals surface area contributed by atoms with Crippen LogP contribution < -0.4 is 15.8 Å². The van der Waals surface area contributed by atoms with Gasteiger partial charge in [0.1, 0.15) is 5.75 Å². The first-order chi connectivity index (χ1) is 7.11. The molecule has 1 aromatic carbocycles. The average molecular weight is 273 g/mol. The summed E-state index contributed by atoms with van der Waals surface area (Å²) in [6.45, 7) is 2.46. The van der Waals surface area contributed by atoms with Gasteiger partial charge in [-0.15, -0.1) is 0 Å². The molecule has 0 atom stereocenters. The third-order valence-electron chi connectivity index (χ3n) is 1.64. The van der Waals surface area contributed by atoms with Gasteiger partial charge in [0.15, 0.2) is 6.61 Å². The second-order valence-corrected chi connectivity index (χ2v) is 3.88. The van der Waals surface area contributed by atoms with Crippen molar-refractivity contribution in [1.82, 2.24) is 5.32 Å². The highest BCUT2D eigenvalue weighted by atomic mass is 79.9. The molecule has 4 nitrogen and oxygen atoms in total. The minimum Gasteiger partial charge on any atom is -0.484 e. The standard InChI is InChI=1S/C10H13BrN2O2/c1-2-13-10(14)6-15-9-4-7(11)3-8(12)5-9/h3-5H,2,6,12H2,1H3,(H,13,14). The highest BCUT2D eigenvalue weighted by Gasteiger charge is 2.02. The van der Waals surface area contributed by atoms with Gasteiger partial charge < -0.3 is 15.8 Å². The molecule has 82 valence electrons. The Morgan fingerprint density at radius 3 is 2.87 bits per heavy atom. The molecule has 1 amide bonds. The zero-order valence-corrected chi connectivity index (χ0v) is 10.0. The van der Waals surface area contributed by atoms with Crippen LogP contribution in [0.5, 0.6) is 5.75 Å². The lowest BCUT2D eigenvalue weighted by molar-refractivity contribution is -0.122. The lowest BCUT2D eigenvalue weighted by Crippen LogP contribution is -2.28. The van der Waals surface area contributed by atoms with Crippen LogP contribution in [0.3, 0.4) is 0 Å². The highest BCUT2D eigenvalue weighted by molar-refractivity contribution is 9.10. The normalized spacial score (nSPS) is 9.73. The van der Waals surface area contributed by atoms with Crippen molar-refractivity contribution in [3.05, 3.63) is 22.7 Å². The molecule has 0 radical (unpaired) electrons. The van der Waals surface area contributed by atoms with Gasteiger partial charge >= 0.3 is 0 Å². The van der Waals surface area contributed by atoms with Gasteiger partial charge in [-0.1, -0.05) is 15.9 Å². The Balaban J connectivity index is 2.54. The topological polar surface area (TPSA) is 64.3 Å². The third kappa shape index (κ3) is 4.20. The molecule has 0 spiro atoms. The molecular formula is C10H13BrN2O2. The molecule has 0 aliphatic heterocycles. The van der Waals surface area contributed by atoms with E-state index in [1.807, 2.05) is 6.92 Å². The summed E-state index contributed by atoms with van der Waals surface area (Å²) < 4.78 is 6.09. The predicted octanol–water partition coefficient (Wildman–Crippen LogP) is 1.55. The molecule has 0 unspecified atom stereocenters. The number of hydrogen-bond donors (Lipinski definition) is 2. The van der Waals surface area contributed by atoms with Crippen LogP contribution in [0.15, 0.2) is 22.7 Å². The van der Waals surface area contributed by atoms with Gasteiger partial charge in [-0.05, 0) is 19.1 Å². The van der Waals surface area contributed by atoms with Crippen LogP contribution in [-0.2, 0) is 4.79 Å². The summed E-state index contributed by atoms with van der Waals surface area (Å²) in [5.74, 6) is 0.434. The average Bonchev–Trinajstić information content (AvgIpc) is 2.14. The number of ether oxygens (including phenoxy) is 1. The van der Waals surface area contributed by atoms with Crippen LogP contribution in [0.1, 0.15) is 6.92 Å². The summed E-state index contributed by atoms with van der Waals surface area (Å²) >= 11 is 3.29. The maximum Gasteiger partial charge on any atom is 0.257 e. The van der Waals surface area contributed by atoms with Crippen LogP contribution >= 0.6 is 15.9 Å². The van der Waals surface area contributed by atoms with Crippen LogP contribution in [0.2, 0.25) is 0 Å². The molecule has 0 aromatic heterocycles. The van der Waals surface area contributed by atoms with Crippen molar-refractivity contribution >= 4 is 27.5 Å². The highest BCUT2D eigenvalue weighted by Crippen LogP contribution is 2.22. The number of nitrogens with two attached hydrogens (primary N) is 1. The second-order valence-electron chi connectivity index (χ2n) is 2.96. The van der Waals surface area contributed by atoms with E-state index < -0.39 is 0 Å². The number of amides is 1. The van der Waals surface area contributed by atoms with E-state index in [9.17, 15) is 4.79 Å². The van der Waals surface area contributed by atoms with E-state index in [1.165, 1.54) is 0 Å². The van der Waals surface area contributed by atoms with E-state index in [1.54, 1.807) is 18.2 Å². The quantitative estimate of drug-likeness (QED) is 0.818. The molecule has 1 rings (SSSR count). The van der Waals surface area contributed by atoms with E-state index in [0.29, 0.717) is 18.0 Å². The molecule has 0 aliphatic carbocycles. The molecule has 0 fully saturated rings. The fourth-order valence-electron chi connectivity index (χ4n) is 1.06. The van der Waals surface area contributed by atoms with E-state index >= 15 is 0 Å². The van der Waals surface area contributed by atoms with Gasteiger partial charge in [-0.25, -0.2) is 0 Å². The molecule has 15 heavy (non-hydrogen) atoms. The van der Waals surface area contributed by atoms with Crippen molar-refractivity contribution in [2.75, 3.05) is 18.9 Å². The fourth-order valence-corrected chi connectivity index (χ4v) is 1.55. The van der Waals surface area contributed by atoms with Crippen LogP contribution in [0, 0.1) is 0 Å². The smallest absolute Gasteiger partial charge is 0.257 e. The summed E-state index contributed by atoms with van der Waals surface area (Å²) in [7, 11) is 0. The Kier molecular flexibility index (Phi) is 4.42. The first-order valence-electron chi connectivity index (χ1n) is 4.57. The Labute approximate surface area is 96.9 Å². The lowest BCUT2D eigenvalue weighted by atomic mass is 10.3. The maximum atomic E-state index is 11.1. The fraction of sp³-hybridized carbons (Fsp3) is 0.300. The lowest BCUT2D eigenvalue weighted by Gasteiger charge is -2.07. The Morgan fingerprint density at radius 1 is 1.53 bits per heavy atom. The summed E-state index contributed by atoms with van der Waals surface area (Å²) in [6, 6.07) is 5.19. The molecule has 0 heterocycles. The van der Waals surface area contributed by atoms with Crippen molar-refractivity contribution in [3.8, 4) is 5.75 Å². The molecule has 0 bridgehead atoms. The first-order valence-corrected chi connectivity index (χ1v) is 5.36. The van der Waals surface area contributed by atoms with Crippen molar-refractivity contribution in [2.45, 2.75) is 6.92 Å². The number of rotatable bonds is 4. The van der Waals surface area contributed by atoms with E-state index in [0.717, 1.165) is 4.47 Å². The van der Waals surface area contributed by atoms with E-state index in [-0.39, 0.29) is 12.5 Å². The first kappa shape index (κ1) is 11.8. The Hall–Kier alpha value is -1.23. The molecule has 0 aliphatic rings. The number of halogens is 1. The van der Waals surface area contributed by atoms with Gasteiger partial charge in [0.2, 0.25) is 0 Å². The number of carbonyl (C=O) groups is 1. The Morgan fingerprint density at radius 2 is 2.27 bits per heavy atom. The van der Waals surface area contributed by atoms with Gasteiger partial charge in [-0.3, -0.25) is 4.79 Å². The molecule has 0 saturated heterocycles. The van der Waals surface area contributed by atoms with Gasteiger partial charge in [0.05, 0.1) is 0 Å². The third-order valence-corrected chi connectivity index (χ3v) is 2.10. The van der Waals surface area contributed by atoms with Crippen molar-refractivity contribution in [2.24, 2.45) is 0 Å². The molecule has 0 saturated carbocycles. The molecule has 3 N–H and O–H groups in total. The predicted molar refractivity (Wildman–Crippen MR) is 62.7 cm³/mol. The summed E-state index contributed by atoms with van der Waals surface area (Å²) in [5.41, 5.74) is 6.21. The molecule has 1 aromatic rings. The van der Waals surface area contributed by atoms with E-state index in [4.69, 9.17) is 10.5 Å². The molecule has 5 heteroatoms. The number of nitrogens with one attached hydrogen (secondary N) is 1. The van der Waals surface area contributed by atoms with Crippen LogP contribution in [0.25, 0.3) is 0 Å². The van der Waals surface area contributed by atoms with Gasteiger partial charge in [0.25, 0.3) is 5.91 Å². The van der Waals surface area contributed by atoms with Gasteiger partial charge in [-0.2, -0.15) is 0 Å². The number of hydrogen-bond acceptors (Lipinski definition) is 3. The zero-order chi connectivity index (χ0) is 11.3. The minimum absolute atomic E-state index is 0.00370. The zero-order valence-electron chi connectivity index (χ0n) is 8.42. The SMILES string of the molecule is CCNC(=O)COc1cc(N)cc(Br)c1. The summed E-state index contributed by atoms with van der Waals surface area (Å²) in [4.78, 5) is 11.1. The minimum atomic E-state index is -0.143. The number of nitrogen functional groups attached to an aromatic ring is 1. The van der Waals surface area contributed by atoms with Crippen LogP contribution in [0.4, 0.5) is 5.69 Å². The van der Waals surface area contributed by atoms with Crippen molar-refractivity contribution < 1.29 is 9.53 Å². The van der Waals surface area contributed by atoms with E-state index in [2.05, 4.69) is 21.2 Å². The number of benzene rings is 1. The Bertz CT molecular complexity index is 335. The summed E-state index contributed by atoms with van der Waals surface area (Å²) in [5, 5.41) is 2.64. The second kappa shape index (κ2) is 5.60. The maximum absolute atomic E-state index is 11.1. The van der Waals surface area contributed by atoms with Crippen molar-refractivity contribution in [1.29, 1.82) is 0 Å². The summed E-state index contributed by atoms with van der Waals surface area (Å²) in [6.07, 6.45) is 0. The van der Waals surface area contributed by atoms with Crippen molar-refractivity contribution in [3.63, 3.8) is 0 Å². The largest absolute Gasteiger partial charge is 0.484 e. The van der Waals surface area contributed by atoms with Crippen LogP contribution in [-0.4, -0.2) is 19.1 Å².